The van der Waals surface area contributed by atoms with Crippen LogP contribution < -0.4 is 16.0 Å². The fraction of sp³-hybridized carbons (Fsp3) is 0.562. The molecule has 1 aromatic heterocycles. The number of nitrogens with zero attached hydrogens (tertiary/aromatic N) is 2. The van der Waals surface area contributed by atoms with Gasteiger partial charge in [-0.15, -0.1) is 24.0 Å². The molecule has 136 valence electrons. The van der Waals surface area contributed by atoms with E-state index in [0.717, 1.165) is 13.0 Å². The quantitative estimate of drug-likeness (QED) is 0.232. The summed E-state index contributed by atoms with van der Waals surface area (Å²) in [6, 6.07) is 3.55. The van der Waals surface area contributed by atoms with Crippen LogP contribution in [0.5, 0.6) is 0 Å². The van der Waals surface area contributed by atoms with Crippen molar-refractivity contribution in [2.24, 2.45) is 10.9 Å². The SMILES string of the molecule is CN=C(NCCOCCC(C)C)NCC(=O)Nc1cccnc1.I. The first-order valence-corrected chi connectivity index (χ1v) is 7.84. The Labute approximate surface area is 161 Å². The molecular formula is C16H28IN5O2. The zero-order chi connectivity index (χ0) is 16.9. The molecule has 0 fully saturated rings. The Morgan fingerprint density at radius 2 is 2.12 bits per heavy atom. The highest BCUT2D eigenvalue weighted by Crippen LogP contribution is 2.01. The zero-order valence-corrected chi connectivity index (χ0v) is 16.9. The molecule has 1 aromatic rings. The smallest absolute Gasteiger partial charge is 0.243 e. The maximum absolute atomic E-state index is 11.8. The van der Waals surface area contributed by atoms with Crippen LogP contribution in [0.25, 0.3) is 0 Å². The molecule has 1 amide bonds. The molecule has 1 heterocycles. The number of aliphatic imine (C=N–C) groups is 1. The van der Waals surface area contributed by atoms with Crippen LogP contribution in [-0.4, -0.2) is 50.2 Å². The lowest BCUT2D eigenvalue weighted by Gasteiger charge is -2.12. The summed E-state index contributed by atoms with van der Waals surface area (Å²) in [6.45, 7) is 6.48. The molecule has 0 saturated carbocycles. The number of aromatic nitrogens is 1. The first kappa shape index (κ1) is 22.6. The van der Waals surface area contributed by atoms with Crippen LogP contribution in [0.4, 0.5) is 5.69 Å². The number of ether oxygens (including phenoxy) is 1. The van der Waals surface area contributed by atoms with Gasteiger partial charge in [0.15, 0.2) is 5.96 Å². The van der Waals surface area contributed by atoms with Crippen molar-refractivity contribution in [1.29, 1.82) is 0 Å². The molecule has 0 aromatic carbocycles. The highest BCUT2D eigenvalue weighted by atomic mass is 127. The molecule has 0 aliphatic carbocycles. The Bertz CT molecular complexity index is 483. The third-order valence-electron chi connectivity index (χ3n) is 2.96. The molecule has 7 nitrogen and oxygen atoms in total. The van der Waals surface area contributed by atoms with Crippen LogP contribution >= 0.6 is 24.0 Å². The predicted molar refractivity (Wildman–Crippen MR) is 108 cm³/mol. The molecule has 0 spiro atoms. The normalized spacial score (nSPS) is 10.9. The maximum atomic E-state index is 11.8. The van der Waals surface area contributed by atoms with E-state index in [9.17, 15) is 4.79 Å². The second-order valence-electron chi connectivity index (χ2n) is 5.44. The number of nitrogens with one attached hydrogen (secondary N) is 3. The van der Waals surface area contributed by atoms with E-state index in [4.69, 9.17) is 4.74 Å². The molecule has 0 unspecified atom stereocenters. The molecule has 0 aliphatic heterocycles. The zero-order valence-electron chi connectivity index (χ0n) is 14.5. The summed E-state index contributed by atoms with van der Waals surface area (Å²) in [5.41, 5.74) is 0.667. The van der Waals surface area contributed by atoms with Gasteiger partial charge >= 0.3 is 0 Å². The molecule has 8 heteroatoms. The van der Waals surface area contributed by atoms with Crippen LogP contribution in [0.1, 0.15) is 20.3 Å². The van der Waals surface area contributed by atoms with Crippen LogP contribution in [0.3, 0.4) is 0 Å². The van der Waals surface area contributed by atoms with E-state index in [1.165, 1.54) is 0 Å². The Balaban J connectivity index is 0.00000529. The molecule has 3 N–H and O–H groups in total. The van der Waals surface area contributed by atoms with Crippen molar-refractivity contribution >= 4 is 41.5 Å². The van der Waals surface area contributed by atoms with Gasteiger partial charge in [-0.25, -0.2) is 0 Å². The second kappa shape index (κ2) is 14.0. The highest BCUT2D eigenvalue weighted by Gasteiger charge is 2.04. The Morgan fingerprint density at radius 3 is 2.75 bits per heavy atom. The molecule has 0 bridgehead atoms. The molecular weight excluding hydrogens is 421 g/mol. The maximum Gasteiger partial charge on any atom is 0.243 e. The lowest BCUT2D eigenvalue weighted by Crippen LogP contribution is -2.42. The van der Waals surface area contributed by atoms with Crippen molar-refractivity contribution in [2.45, 2.75) is 20.3 Å². The summed E-state index contributed by atoms with van der Waals surface area (Å²) in [7, 11) is 1.66. The average Bonchev–Trinajstić information content (AvgIpc) is 2.54. The monoisotopic (exact) mass is 449 g/mol. The third-order valence-corrected chi connectivity index (χ3v) is 2.96. The van der Waals surface area contributed by atoms with Crippen molar-refractivity contribution in [3.05, 3.63) is 24.5 Å². The van der Waals surface area contributed by atoms with E-state index < -0.39 is 0 Å². The number of anilines is 1. The molecule has 0 saturated heterocycles. The van der Waals surface area contributed by atoms with E-state index in [1.54, 1.807) is 31.6 Å². The molecule has 1 rings (SSSR count). The van der Waals surface area contributed by atoms with Crippen LogP contribution in [-0.2, 0) is 9.53 Å². The van der Waals surface area contributed by atoms with E-state index in [0.29, 0.717) is 30.7 Å². The van der Waals surface area contributed by atoms with Gasteiger partial charge in [0.2, 0.25) is 5.91 Å². The lowest BCUT2D eigenvalue weighted by molar-refractivity contribution is -0.115. The Kier molecular flexibility index (Phi) is 13.1. The van der Waals surface area contributed by atoms with Gasteiger partial charge in [-0.1, -0.05) is 13.8 Å². The van der Waals surface area contributed by atoms with Crippen molar-refractivity contribution in [2.75, 3.05) is 38.7 Å². The first-order valence-electron chi connectivity index (χ1n) is 7.84. The van der Waals surface area contributed by atoms with Crippen LogP contribution in [0.2, 0.25) is 0 Å². The summed E-state index contributed by atoms with van der Waals surface area (Å²) in [5, 5.41) is 8.79. The van der Waals surface area contributed by atoms with Crippen molar-refractivity contribution in [3.8, 4) is 0 Å². The number of amides is 1. The number of guanidine groups is 1. The van der Waals surface area contributed by atoms with Gasteiger partial charge in [0.25, 0.3) is 0 Å². The minimum absolute atomic E-state index is 0. The Hall–Kier alpha value is -1.42. The van der Waals surface area contributed by atoms with E-state index in [2.05, 4.69) is 39.8 Å². The third kappa shape index (κ3) is 11.2. The van der Waals surface area contributed by atoms with Gasteiger partial charge in [0.1, 0.15) is 0 Å². The van der Waals surface area contributed by atoms with Gasteiger partial charge in [0, 0.05) is 26.4 Å². The minimum atomic E-state index is -0.158. The fourth-order valence-electron chi connectivity index (χ4n) is 1.69. The summed E-state index contributed by atoms with van der Waals surface area (Å²) < 4.78 is 5.51. The largest absolute Gasteiger partial charge is 0.380 e. The summed E-state index contributed by atoms with van der Waals surface area (Å²) in [6.07, 6.45) is 4.31. The molecule has 0 aliphatic rings. The Morgan fingerprint density at radius 1 is 1.33 bits per heavy atom. The number of carbonyl (C=O) groups excluding carboxylic acids is 1. The van der Waals surface area contributed by atoms with Gasteiger partial charge in [-0.3, -0.25) is 14.8 Å². The highest BCUT2D eigenvalue weighted by molar-refractivity contribution is 14.0. The number of halogens is 1. The van der Waals surface area contributed by atoms with E-state index >= 15 is 0 Å². The van der Waals surface area contributed by atoms with Gasteiger partial charge in [-0.2, -0.15) is 0 Å². The van der Waals surface area contributed by atoms with E-state index in [1.807, 2.05) is 0 Å². The standard InChI is InChI=1S/C16H27N5O2.HI/c1-13(2)6-9-23-10-8-19-16(17-3)20-12-15(22)21-14-5-4-7-18-11-14;/h4-5,7,11,13H,6,8-10,12H2,1-3H3,(H,21,22)(H2,17,19,20);1H. The van der Waals surface area contributed by atoms with Gasteiger partial charge in [0.05, 0.1) is 25.0 Å². The second-order valence-corrected chi connectivity index (χ2v) is 5.44. The number of hydrogen-bond donors (Lipinski definition) is 3. The van der Waals surface area contributed by atoms with Gasteiger partial charge in [-0.05, 0) is 24.5 Å². The predicted octanol–water partition coefficient (Wildman–Crippen LogP) is 1.87. The molecule has 0 radical (unpaired) electrons. The number of rotatable bonds is 9. The summed E-state index contributed by atoms with van der Waals surface area (Å²) in [4.78, 5) is 19.8. The number of hydrogen-bond acceptors (Lipinski definition) is 4. The number of carbonyl (C=O) groups is 1. The van der Waals surface area contributed by atoms with Crippen molar-refractivity contribution in [3.63, 3.8) is 0 Å². The number of pyridine rings is 1. The lowest BCUT2D eigenvalue weighted by atomic mass is 10.1. The van der Waals surface area contributed by atoms with E-state index in [-0.39, 0.29) is 36.4 Å². The van der Waals surface area contributed by atoms with Crippen molar-refractivity contribution < 1.29 is 9.53 Å². The fourth-order valence-corrected chi connectivity index (χ4v) is 1.69. The first-order chi connectivity index (χ1) is 11.1. The molecule has 24 heavy (non-hydrogen) atoms. The van der Waals surface area contributed by atoms with Gasteiger partial charge < -0.3 is 20.7 Å². The topological polar surface area (TPSA) is 87.6 Å². The summed E-state index contributed by atoms with van der Waals surface area (Å²) >= 11 is 0. The molecule has 0 atom stereocenters. The van der Waals surface area contributed by atoms with Crippen LogP contribution in [0, 0.1) is 5.92 Å². The minimum Gasteiger partial charge on any atom is -0.380 e. The van der Waals surface area contributed by atoms with Crippen molar-refractivity contribution in [1.82, 2.24) is 15.6 Å². The average molecular weight is 449 g/mol. The van der Waals surface area contributed by atoms with Crippen LogP contribution in [0.15, 0.2) is 29.5 Å². The summed E-state index contributed by atoms with van der Waals surface area (Å²) in [5.74, 6) is 1.06.